The molecule has 1 aromatic carbocycles. The molecule has 2 N–H and O–H groups in total. The standard InChI is InChI=1S/C19H25FN4O3/c1-12-17(13(2)24(4)22-12)11-23(3)10-14(19(26)27)9-18(25)21-16-7-5-15(20)6-8-16/h5-8,14H,9-11H2,1-4H3,(H,21,25)(H,26,27)/t14-/m0/s1. The molecule has 0 radical (unpaired) electrons. The number of carbonyl (C=O) groups is 2. The quantitative estimate of drug-likeness (QED) is 0.738. The molecule has 146 valence electrons. The van der Waals surface area contributed by atoms with Gasteiger partial charge in [0.25, 0.3) is 0 Å². The van der Waals surface area contributed by atoms with Crippen LogP contribution in [0.2, 0.25) is 0 Å². The molecular weight excluding hydrogens is 351 g/mol. The maximum absolute atomic E-state index is 12.9. The second-order valence-corrected chi connectivity index (χ2v) is 6.76. The van der Waals surface area contributed by atoms with Crippen molar-refractivity contribution in [2.24, 2.45) is 13.0 Å². The number of halogens is 1. The molecule has 0 spiro atoms. The number of anilines is 1. The molecule has 1 amide bonds. The van der Waals surface area contributed by atoms with E-state index < -0.39 is 23.6 Å². The minimum atomic E-state index is -1.03. The first kappa shape index (κ1) is 20.6. The van der Waals surface area contributed by atoms with Gasteiger partial charge in [-0.15, -0.1) is 0 Å². The average Bonchev–Trinajstić information content (AvgIpc) is 2.82. The number of nitrogens with one attached hydrogen (secondary N) is 1. The van der Waals surface area contributed by atoms with Crippen molar-refractivity contribution < 1.29 is 19.1 Å². The maximum atomic E-state index is 12.9. The smallest absolute Gasteiger partial charge is 0.308 e. The Kier molecular flexibility index (Phi) is 6.68. The lowest BCUT2D eigenvalue weighted by Gasteiger charge is -2.21. The molecule has 0 aliphatic carbocycles. The van der Waals surface area contributed by atoms with Crippen LogP contribution < -0.4 is 5.32 Å². The zero-order chi connectivity index (χ0) is 20.1. The summed E-state index contributed by atoms with van der Waals surface area (Å²) < 4.78 is 14.7. The molecule has 7 nitrogen and oxygen atoms in total. The van der Waals surface area contributed by atoms with Crippen molar-refractivity contribution in [1.82, 2.24) is 14.7 Å². The Labute approximate surface area is 157 Å². The Morgan fingerprint density at radius 3 is 2.44 bits per heavy atom. The molecule has 27 heavy (non-hydrogen) atoms. The Morgan fingerprint density at radius 1 is 1.30 bits per heavy atom. The Morgan fingerprint density at radius 2 is 1.93 bits per heavy atom. The van der Waals surface area contributed by atoms with E-state index in [-0.39, 0.29) is 13.0 Å². The molecule has 1 heterocycles. The fourth-order valence-electron chi connectivity index (χ4n) is 2.96. The Balaban J connectivity index is 1.96. The molecule has 2 rings (SSSR count). The molecule has 0 bridgehead atoms. The third-order valence-corrected chi connectivity index (χ3v) is 4.53. The molecule has 0 saturated heterocycles. The van der Waals surface area contributed by atoms with Crippen LogP contribution in [0.5, 0.6) is 0 Å². The first-order valence-electron chi connectivity index (χ1n) is 8.63. The highest BCUT2D eigenvalue weighted by Crippen LogP contribution is 2.16. The molecule has 0 fully saturated rings. The number of nitrogens with zero attached hydrogens (tertiary/aromatic N) is 3. The molecule has 0 saturated carbocycles. The number of amides is 1. The van der Waals surface area contributed by atoms with Crippen LogP contribution in [-0.4, -0.2) is 45.3 Å². The zero-order valence-corrected chi connectivity index (χ0v) is 16.0. The molecule has 1 atom stereocenters. The fourth-order valence-corrected chi connectivity index (χ4v) is 2.96. The largest absolute Gasteiger partial charge is 0.481 e. The van der Waals surface area contributed by atoms with Crippen molar-refractivity contribution in [3.63, 3.8) is 0 Å². The van der Waals surface area contributed by atoms with Crippen LogP contribution in [0.25, 0.3) is 0 Å². The molecule has 0 aliphatic heterocycles. The van der Waals surface area contributed by atoms with E-state index in [1.807, 2.05) is 32.8 Å². The number of rotatable bonds is 8. The van der Waals surface area contributed by atoms with E-state index in [0.29, 0.717) is 12.2 Å². The number of aromatic nitrogens is 2. The van der Waals surface area contributed by atoms with Crippen LogP contribution in [0.15, 0.2) is 24.3 Å². The van der Waals surface area contributed by atoms with E-state index in [0.717, 1.165) is 17.0 Å². The van der Waals surface area contributed by atoms with Gasteiger partial charge in [-0.05, 0) is 45.2 Å². The van der Waals surface area contributed by atoms with Gasteiger partial charge in [0, 0.05) is 43.5 Å². The van der Waals surface area contributed by atoms with E-state index in [4.69, 9.17) is 0 Å². The van der Waals surface area contributed by atoms with Gasteiger partial charge in [-0.3, -0.25) is 14.3 Å². The fraction of sp³-hybridized carbons (Fsp3) is 0.421. The third kappa shape index (κ3) is 5.62. The normalized spacial score (nSPS) is 12.2. The number of hydrogen-bond acceptors (Lipinski definition) is 4. The average molecular weight is 376 g/mol. The van der Waals surface area contributed by atoms with E-state index in [1.54, 1.807) is 4.68 Å². The number of carbonyl (C=O) groups excluding carboxylic acids is 1. The highest BCUT2D eigenvalue weighted by Gasteiger charge is 2.24. The monoisotopic (exact) mass is 376 g/mol. The first-order chi connectivity index (χ1) is 12.7. The van der Waals surface area contributed by atoms with Gasteiger partial charge >= 0.3 is 5.97 Å². The van der Waals surface area contributed by atoms with Crippen molar-refractivity contribution in [2.75, 3.05) is 18.9 Å². The van der Waals surface area contributed by atoms with Gasteiger partial charge < -0.3 is 15.3 Å². The van der Waals surface area contributed by atoms with Gasteiger partial charge in [-0.25, -0.2) is 4.39 Å². The number of aliphatic carboxylic acids is 1. The molecule has 0 unspecified atom stereocenters. The maximum Gasteiger partial charge on any atom is 0.308 e. The van der Waals surface area contributed by atoms with Crippen molar-refractivity contribution in [2.45, 2.75) is 26.8 Å². The van der Waals surface area contributed by atoms with Crippen molar-refractivity contribution >= 4 is 17.6 Å². The van der Waals surface area contributed by atoms with Gasteiger partial charge in [0.15, 0.2) is 0 Å². The van der Waals surface area contributed by atoms with Crippen molar-refractivity contribution in [3.05, 3.63) is 47.0 Å². The molecule has 8 heteroatoms. The minimum absolute atomic E-state index is 0.165. The van der Waals surface area contributed by atoms with Gasteiger partial charge in [0.05, 0.1) is 11.6 Å². The van der Waals surface area contributed by atoms with E-state index >= 15 is 0 Å². The summed E-state index contributed by atoms with van der Waals surface area (Å²) in [5.74, 6) is -2.71. The summed E-state index contributed by atoms with van der Waals surface area (Å²) in [6, 6.07) is 5.33. The topological polar surface area (TPSA) is 87.5 Å². The summed E-state index contributed by atoms with van der Waals surface area (Å²) in [5.41, 5.74) is 3.42. The number of aryl methyl sites for hydroxylation is 2. The summed E-state index contributed by atoms with van der Waals surface area (Å²) in [4.78, 5) is 25.6. The molecular formula is C19H25FN4O3. The SMILES string of the molecule is Cc1nn(C)c(C)c1CN(C)C[C@H](CC(=O)Nc1ccc(F)cc1)C(=O)O. The van der Waals surface area contributed by atoms with E-state index in [9.17, 15) is 19.1 Å². The number of hydrogen-bond donors (Lipinski definition) is 2. The molecule has 1 aromatic heterocycles. The lowest BCUT2D eigenvalue weighted by molar-refractivity contribution is -0.144. The summed E-state index contributed by atoms with van der Waals surface area (Å²) in [5, 5.41) is 16.4. The lowest BCUT2D eigenvalue weighted by Crippen LogP contribution is -2.33. The highest BCUT2D eigenvalue weighted by molar-refractivity contribution is 5.93. The second-order valence-electron chi connectivity index (χ2n) is 6.76. The van der Waals surface area contributed by atoms with Crippen molar-refractivity contribution in [3.8, 4) is 0 Å². The van der Waals surface area contributed by atoms with Crippen LogP contribution >= 0.6 is 0 Å². The first-order valence-corrected chi connectivity index (χ1v) is 8.63. The van der Waals surface area contributed by atoms with Gasteiger partial charge in [-0.1, -0.05) is 0 Å². The third-order valence-electron chi connectivity index (χ3n) is 4.53. The van der Waals surface area contributed by atoms with Crippen LogP contribution in [0.1, 0.15) is 23.4 Å². The minimum Gasteiger partial charge on any atom is -0.481 e. The highest BCUT2D eigenvalue weighted by atomic mass is 19.1. The van der Waals surface area contributed by atoms with Crippen LogP contribution in [-0.2, 0) is 23.2 Å². The summed E-state index contributed by atoms with van der Waals surface area (Å²) >= 11 is 0. The van der Waals surface area contributed by atoms with Crippen LogP contribution in [0.4, 0.5) is 10.1 Å². The lowest BCUT2D eigenvalue weighted by atomic mass is 10.0. The summed E-state index contributed by atoms with van der Waals surface area (Å²) in [6.45, 7) is 4.66. The number of benzene rings is 1. The Bertz CT molecular complexity index is 817. The van der Waals surface area contributed by atoms with Gasteiger partial charge in [0.2, 0.25) is 5.91 Å². The predicted molar refractivity (Wildman–Crippen MR) is 99.8 cm³/mol. The molecule has 0 aliphatic rings. The second kappa shape index (κ2) is 8.77. The number of carboxylic acid groups (broad SMARTS) is 1. The summed E-state index contributed by atoms with van der Waals surface area (Å²) in [6.07, 6.45) is -0.165. The Hall–Kier alpha value is -2.74. The van der Waals surface area contributed by atoms with E-state index in [1.165, 1.54) is 24.3 Å². The molecule has 2 aromatic rings. The van der Waals surface area contributed by atoms with Crippen LogP contribution in [0.3, 0.4) is 0 Å². The van der Waals surface area contributed by atoms with Gasteiger partial charge in [-0.2, -0.15) is 5.10 Å². The van der Waals surface area contributed by atoms with E-state index in [2.05, 4.69) is 10.4 Å². The van der Waals surface area contributed by atoms with Crippen molar-refractivity contribution in [1.29, 1.82) is 0 Å². The van der Waals surface area contributed by atoms with Gasteiger partial charge in [0.1, 0.15) is 5.82 Å². The van der Waals surface area contributed by atoms with Crippen LogP contribution in [0, 0.1) is 25.6 Å². The number of carboxylic acids is 1. The summed E-state index contributed by atoms with van der Waals surface area (Å²) in [7, 11) is 3.69. The predicted octanol–water partition coefficient (Wildman–Crippen LogP) is 2.34. The zero-order valence-electron chi connectivity index (χ0n) is 16.0.